The van der Waals surface area contributed by atoms with Crippen molar-refractivity contribution in [3.8, 4) is 5.69 Å². The predicted octanol–water partition coefficient (Wildman–Crippen LogP) is 6.28. The van der Waals surface area contributed by atoms with E-state index in [1.165, 1.54) is 33.8 Å². The first-order valence-corrected chi connectivity index (χ1v) is 11.7. The highest BCUT2D eigenvalue weighted by atomic mass is 32.1. The zero-order valence-corrected chi connectivity index (χ0v) is 20.2. The van der Waals surface area contributed by atoms with Crippen molar-refractivity contribution in [2.75, 3.05) is 4.90 Å². The van der Waals surface area contributed by atoms with E-state index in [2.05, 4.69) is 108 Å². The number of aryl methyl sites for hydroxylation is 3. The molecule has 1 fully saturated rings. The van der Waals surface area contributed by atoms with E-state index in [0.29, 0.717) is 0 Å². The first-order valence-electron chi connectivity index (χ1n) is 11.3. The van der Waals surface area contributed by atoms with Crippen molar-refractivity contribution in [1.29, 1.82) is 0 Å². The highest BCUT2D eigenvalue weighted by Crippen LogP contribution is 2.43. The summed E-state index contributed by atoms with van der Waals surface area (Å²) in [4.78, 5) is 6.94. The first kappa shape index (κ1) is 21.4. The van der Waals surface area contributed by atoms with Crippen LogP contribution in [-0.2, 0) is 0 Å². The Bertz CT molecular complexity index is 1320. The second-order valence-corrected chi connectivity index (χ2v) is 9.22. The van der Waals surface area contributed by atoms with Crippen molar-refractivity contribution in [3.05, 3.63) is 113 Å². The lowest BCUT2D eigenvalue weighted by molar-refractivity contribution is 0.565. The van der Waals surface area contributed by atoms with Crippen LogP contribution in [-0.4, -0.2) is 14.7 Å². The number of benzene rings is 2. The monoisotopic (exact) mass is 452 g/mol. The third-order valence-corrected chi connectivity index (χ3v) is 6.74. The number of hydrogen-bond donors (Lipinski definition) is 1. The smallest absolute Gasteiger partial charge is 0.174 e. The lowest BCUT2D eigenvalue weighted by Gasteiger charge is -2.28. The van der Waals surface area contributed by atoms with Crippen LogP contribution in [0.15, 0.2) is 79.0 Å². The summed E-state index contributed by atoms with van der Waals surface area (Å²) in [6.45, 7) is 8.63. The van der Waals surface area contributed by atoms with Gasteiger partial charge >= 0.3 is 0 Å². The van der Waals surface area contributed by atoms with E-state index in [9.17, 15) is 0 Å². The van der Waals surface area contributed by atoms with Gasteiger partial charge in [-0.3, -0.25) is 4.98 Å². The van der Waals surface area contributed by atoms with Crippen molar-refractivity contribution in [1.82, 2.24) is 14.9 Å². The summed E-state index contributed by atoms with van der Waals surface area (Å²) < 4.78 is 2.34. The Balaban J connectivity index is 1.69. The maximum Gasteiger partial charge on any atom is 0.174 e. The number of rotatable bonds is 4. The SMILES string of the molecule is Cc1cccc(N2C(=S)NC(c3ccccn3)C2c2cc(C)n(-c3cccc(C)c3)c2C)c1. The summed E-state index contributed by atoms with van der Waals surface area (Å²) in [7, 11) is 0. The molecule has 4 nitrogen and oxygen atoms in total. The molecule has 0 aliphatic carbocycles. The largest absolute Gasteiger partial charge is 0.351 e. The lowest BCUT2D eigenvalue weighted by atomic mass is 9.96. The minimum Gasteiger partial charge on any atom is -0.351 e. The number of anilines is 1. The van der Waals surface area contributed by atoms with Gasteiger partial charge in [0.2, 0.25) is 0 Å². The van der Waals surface area contributed by atoms with Gasteiger partial charge in [-0.05, 0) is 99.1 Å². The van der Waals surface area contributed by atoms with Crippen LogP contribution in [0.2, 0.25) is 0 Å². The van der Waals surface area contributed by atoms with Crippen LogP contribution in [0.5, 0.6) is 0 Å². The number of nitrogens with one attached hydrogen (secondary N) is 1. The van der Waals surface area contributed by atoms with Gasteiger partial charge in [0.25, 0.3) is 0 Å². The molecule has 1 aliphatic rings. The molecule has 4 aromatic rings. The average Bonchev–Trinajstić information content (AvgIpc) is 3.29. The van der Waals surface area contributed by atoms with Crippen LogP contribution in [0.25, 0.3) is 5.69 Å². The van der Waals surface area contributed by atoms with Crippen LogP contribution in [0.1, 0.15) is 45.9 Å². The fraction of sp³-hybridized carbons (Fsp3) is 0.214. The number of pyridine rings is 1. The van der Waals surface area contributed by atoms with E-state index in [-0.39, 0.29) is 12.1 Å². The molecule has 5 heteroatoms. The Labute approximate surface area is 200 Å². The zero-order chi connectivity index (χ0) is 23.1. The van der Waals surface area contributed by atoms with Gasteiger partial charge in [-0.1, -0.05) is 30.3 Å². The molecule has 0 bridgehead atoms. The maximum absolute atomic E-state index is 5.89. The normalized spacial score (nSPS) is 17.9. The van der Waals surface area contributed by atoms with E-state index >= 15 is 0 Å². The van der Waals surface area contributed by atoms with Crippen LogP contribution in [0.3, 0.4) is 0 Å². The minimum atomic E-state index is -0.0503. The third-order valence-electron chi connectivity index (χ3n) is 6.43. The highest BCUT2D eigenvalue weighted by molar-refractivity contribution is 7.80. The Hall–Kier alpha value is -3.44. The predicted molar refractivity (Wildman–Crippen MR) is 139 cm³/mol. The lowest BCUT2D eigenvalue weighted by Crippen LogP contribution is -2.29. The standard InChI is InChI=1S/C28H28N4S/c1-18-9-7-11-22(15-18)31-20(3)17-24(21(31)4)27-26(25-13-5-6-14-29-25)30-28(33)32(27)23-12-8-10-19(2)16-23/h5-17,26-27H,1-4H3,(H,30,33). The zero-order valence-electron chi connectivity index (χ0n) is 19.4. The summed E-state index contributed by atoms with van der Waals surface area (Å²) in [5, 5.41) is 4.30. The van der Waals surface area contributed by atoms with E-state index in [1.54, 1.807) is 0 Å². The van der Waals surface area contributed by atoms with Gasteiger partial charge in [0.1, 0.15) is 0 Å². The summed E-state index contributed by atoms with van der Waals surface area (Å²) in [6, 6.07) is 25.5. The van der Waals surface area contributed by atoms with E-state index in [1.807, 2.05) is 18.3 Å². The average molecular weight is 453 g/mol. The van der Waals surface area contributed by atoms with Gasteiger partial charge in [0, 0.05) is 29.0 Å². The second kappa shape index (κ2) is 8.49. The molecule has 2 aromatic carbocycles. The topological polar surface area (TPSA) is 33.1 Å². The van der Waals surface area contributed by atoms with Crippen LogP contribution in [0.4, 0.5) is 5.69 Å². The molecule has 0 spiro atoms. The minimum absolute atomic E-state index is 0.0149. The molecular formula is C28H28N4S. The number of aromatic nitrogens is 2. The first-order chi connectivity index (χ1) is 15.9. The fourth-order valence-corrected chi connectivity index (χ4v) is 5.32. The Morgan fingerprint density at radius 1 is 0.818 bits per heavy atom. The van der Waals surface area contributed by atoms with Crippen LogP contribution in [0, 0.1) is 27.7 Å². The summed E-state index contributed by atoms with van der Waals surface area (Å²) >= 11 is 5.89. The van der Waals surface area contributed by atoms with E-state index < -0.39 is 0 Å². The molecule has 2 aromatic heterocycles. The molecule has 5 rings (SSSR count). The summed E-state index contributed by atoms with van der Waals surface area (Å²) in [5.41, 5.74) is 9.39. The van der Waals surface area contributed by atoms with E-state index in [4.69, 9.17) is 12.2 Å². The van der Waals surface area contributed by atoms with Crippen LogP contribution >= 0.6 is 12.2 Å². The van der Waals surface area contributed by atoms with Crippen molar-refractivity contribution < 1.29 is 0 Å². The van der Waals surface area contributed by atoms with Gasteiger partial charge < -0.3 is 14.8 Å². The van der Waals surface area contributed by atoms with E-state index in [0.717, 1.165) is 16.5 Å². The Morgan fingerprint density at radius 2 is 1.52 bits per heavy atom. The maximum atomic E-state index is 5.89. The highest BCUT2D eigenvalue weighted by Gasteiger charge is 2.42. The Kier molecular flexibility index (Phi) is 5.51. The van der Waals surface area contributed by atoms with Crippen molar-refractivity contribution in [3.63, 3.8) is 0 Å². The van der Waals surface area contributed by atoms with Gasteiger partial charge in [0.05, 0.1) is 17.8 Å². The van der Waals surface area contributed by atoms with Gasteiger partial charge in [-0.2, -0.15) is 0 Å². The van der Waals surface area contributed by atoms with Gasteiger partial charge in [-0.25, -0.2) is 0 Å². The molecule has 2 atom stereocenters. The van der Waals surface area contributed by atoms with Gasteiger partial charge in [-0.15, -0.1) is 0 Å². The van der Waals surface area contributed by atoms with Crippen molar-refractivity contribution in [2.24, 2.45) is 0 Å². The molecule has 2 unspecified atom stereocenters. The molecule has 1 saturated heterocycles. The second-order valence-electron chi connectivity index (χ2n) is 8.84. The molecule has 0 amide bonds. The molecule has 33 heavy (non-hydrogen) atoms. The molecule has 1 N–H and O–H groups in total. The third kappa shape index (κ3) is 3.83. The molecule has 3 heterocycles. The van der Waals surface area contributed by atoms with Crippen LogP contribution < -0.4 is 10.2 Å². The molecule has 0 radical (unpaired) electrons. The molecule has 0 saturated carbocycles. The summed E-state index contributed by atoms with van der Waals surface area (Å²) in [6.07, 6.45) is 1.85. The molecule has 1 aliphatic heterocycles. The molecular weight excluding hydrogens is 424 g/mol. The molecule has 166 valence electrons. The van der Waals surface area contributed by atoms with Gasteiger partial charge in [0.15, 0.2) is 5.11 Å². The fourth-order valence-electron chi connectivity index (χ4n) is 4.98. The van der Waals surface area contributed by atoms with Crippen molar-refractivity contribution in [2.45, 2.75) is 39.8 Å². The Morgan fingerprint density at radius 3 is 2.18 bits per heavy atom. The number of nitrogens with zero attached hydrogens (tertiary/aromatic N) is 3. The number of hydrogen-bond acceptors (Lipinski definition) is 2. The van der Waals surface area contributed by atoms with Crippen molar-refractivity contribution >= 4 is 23.0 Å². The summed E-state index contributed by atoms with van der Waals surface area (Å²) in [5.74, 6) is 0. The number of thiocarbonyl (C=S) groups is 1. The quantitative estimate of drug-likeness (QED) is 0.369.